The van der Waals surface area contributed by atoms with Crippen molar-refractivity contribution in [2.24, 2.45) is 0 Å². The summed E-state index contributed by atoms with van der Waals surface area (Å²) in [6.07, 6.45) is 0. The molecule has 65 valence electrons. The van der Waals surface area contributed by atoms with Crippen LogP contribution in [0.25, 0.3) is 0 Å². The van der Waals surface area contributed by atoms with Crippen LogP contribution < -0.4 is 0 Å². The number of rotatable bonds is 8. The molecule has 0 aliphatic carbocycles. The highest BCUT2D eigenvalue weighted by molar-refractivity contribution is 5.37. The molecule has 0 unspecified atom stereocenters. The van der Waals surface area contributed by atoms with E-state index < -0.39 is 0 Å². The van der Waals surface area contributed by atoms with Crippen LogP contribution in [-0.2, 0) is 19.0 Å². The van der Waals surface area contributed by atoms with Crippen molar-refractivity contribution in [1.29, 1.82) is 0 Å². The zero-order valence-corrected chi connectivity index (χ0v) is 6.67. The largest absolute Gasteiger partial charge is 0.455 e. The summed E-state index contributed by atoms with van der Waals surface area (Å²) in [6, 6.07) is 0. The lowest BCUT2D eigenvalue weighted by atomic mass is 10.7. The van der Waals surface area contributed by atoms with Crippen LogP contribution in [0, 0.1) is 0 Å². The van der Waals surface area contributed by atoms with Crippen LogP contribution in [0.4, 0.5) is 0 Å². The fraction of sp³-hybridized carbons (Fsp3) is 0.857. The van der Waals surface area contributed by atoms with E-state index in [1.165, 1.54) is 6.47 Å². The normalized spacial score (nSPS) is 9.55. The van der Waals surface area contributed by atoms with Crippen LogP contribution in [0.3, 0.4) is 0 Å². The Kier molecular flexibility index (Phi) is 8.87. The molecule has 0 aromatic carbocycles. The third-order valence-electron chi connectivity index (χ3n) is 0.965. The van der Waals surface area contributed by atoms with Crippen LogP contribution in [-0.4, -0.2) is 39.5 Å². The van der Waals surface area contributed by atoms with E-state index in [-0.39, 0.29) is 6.61 Å². The van der Waals surface area contributed by atoms with E-state index in [0.717, 1.165) is 0 Å². The van der Waals surface area contributed by atoms with E-state index in [9.17, 15) is 4.79 Å². The number of hydrogen-bond donors (Lipinski definition) is 0. The van der Waals surface area contributed by atoms with Gasteiger partial charge < -0.3 is 14.2 Å². The fourth-order valence-corrected chi connectivity index (χ4v) is 0.507. The molecule has 0 bridgehead atoms. The molecule has 0 aliphatic heterocycles. The number of ether oxygens (including phenoxy) is 3. The molecule has 11 heavy (non-hydrogen) atoms. The van der Waals surface area contributed by atoms with Gasteiger partial charge in [-0.2, -0.15) is 0 Å². The molecule has 0 aliphatic rings. The summed E-state index contributed by atoms with van der Waals surface area (Å²) in [5.74, 6) is 0. The first kappa shape index (κ1) is 10.4. The maximum absolute atomic E-state index is 9.51. The van der Waals surface area contributed by atoms with Gasteiger partial charge in [0, 0.05) is 6.61 Å². The van der Waals surface area contributed by atoms with Gasteiger partial charge in [-0.05, 0) is 6.92 Å². The standard InChI is InChI=1S/C7H13O4/c1-2-9-3-4-10-5-6-11-7-8/h2-6H2,1H3. The highest BCUT2D eigenvalue weighted by atomic mass is 16.6. The zero-order valence-electron chi connectivity index (χ0n) is 6.67. The molecular formula is C7H13O4. The van der Waals surface area contributed by atoms with Gasteiger partial charge in [0.05, 0.1) is 19.8 Å². The van der Waals surface area contributed by atoms with Crippen molar-refractivity contribution in [3.05, 3.63) is 0 Å². The van der Waals surface area contributed by atoms with Gasteiger partial charge in [-0.25, -0.2) is 4.79 Å². The SMILES string of the molecule is CCOCCOCCO[C]=O. The van der Waals surface area contributed by atoms with Crippen molar-refractivity contribution in [1.82, 2.24) is 0 Å². The Morgan fingerprint density at radius 3 is 2.36 bits per heavy atom. The molecule has 0 N–H and O–H groups in total. The Labute approximate surface area is 66.4 Å². The highest BCUT2D eigenvalue weighted by Crippen LogP contribution is 1.78. The summed E-state index contributed by atoms with van der Waals surface area (Å²) in [5, 5.41) is 0. The topological polar surface area (TPSA) is 44.8 Å². The smallest absolute Gasteiger partial charge is 0.417 e. The molecule has 0 fully saturated rings. The van der Waals surface area contributed by atoms with Gasteiger partial charge >= 0.3 is 6.47 Å². The average Bonchev–Trinajstić information content (AvgIpc) is 2.03. The van der Waals surface area contributed by atoms with Crippen LogP contribution in [0.15, 0.2) is 0 Å². The van der Waals surface area contributed by atoms with Gasteiger partial charge in [0.1, 0.15) is 6.61 Å². The second kappa shape index (κ2) is 9.39. The predicted octanol–water partition coefficient (Wildman–Crippen LogP) is 0.123. The third kappa shape index (κ3) is 9.39. The van der Waals surface area contributed by atoms with E-state index in [1.807, 2.05) is 6.92 Å². The van der Waals surface area contributed by atoms with Crippen LogP contribution in [0.1, 0.15) is 6.92 Å². The monoisotopic (exact) mass is 161 g/mol. The lowest BCUT2D eigenvalue weighted by molar-refractivity contribution is 0.0384. The molecule has 0 aromatic rings. The first-order chi connectivity index (χ1) is 5.41. The molecule has 0 atom stereocenters. The van der Waals surface area contributed by atoms with Gasteiger partial charge in [-0.1, -0.05) is 0 Å². The Morgan fingerprint density at radius 2 is 1.73 bits per heavy atom. The summed E-state index contributed by atoms with van der Waals surface area (Å²) in [7, 11) is 0. The van der Waals surface area contributed by atoms with E-state index in [2.05, 4.69) is 4.74 Å². The Morgan fingerprint density at radius 1 is 1.09 bits per heavy atom. The summed E-state index contributed by atoms with van der Waals surface area (Å²) in [5.41, 5.74) is 0. The van der Waals surface area contributed by atoms with Crippen LogP contribution in [0.5, 0.6) is 0 Å². The molecule has 4 heteroatoms. The second-order valence-electron chi connectivity index (χ2n) is 1.74. The van der Waals surface area contributed by atoms with E-state index in [1.54, 1.807) is 0 Å². The van der Waals surface area contributed by atoms with Crippen LogP contribution in [0.2, 0.25) is 0 Å². The quantitative estimate of drug-likeness (QED) is 0.474. The highest BCUT2D eigenvalue weighted by Gasteiger charge is 1.88. The first-order valence-corrected chi connectivity index (χ1v) is 3.56. The van der Waals surface area contributed by atoms with Crippen LogP contribution >= 0.6 is 0 Å². The molecule has 4 nitrogen and oxygen atoms in total. The summed E-state index contributed by atoms with van der Waals surface area (Å²) < 4.78 is 14.3. The van der Waals surface area contributed by atoms with Gasteiger partial charge in [-0.3, -0.25) is 0 Å². The second-order valence-corrected chi connectivity index (χ2v) is 1.74. The molecule has 0 aromatic heterocycles. The maximum Gasteiger partial charge on any atom is 0.417 e. The summed E-state index contributed by atoms with van der Waals surface area (Å²) in [4.78, 5) is 9.51. The Bertz CT molecular complexity index is 84.5. The number of hydrogen-bond acceptors (Lipinski definition) is 4. The molecule has 0 spiro atoms. The minimum atomic E-state index is 0.260. The third-order valence-corrected chi connectivity index (χ3v) is 0.965. The van der Waals surface area contributed by atoms with E-state index in [0.29, 0.717) is 26.4 Å². The average molecular weight is 161 g/mol. The molecule has 1 radical (unpaired) electrons. The minimum Gasteiger partial charge on any atom is -0.455 e. The lowest BCUT2D eigenvalue weighted by Crippen LogP contribution is -2.08. The van der Waals surface area contributed by atoms with Crippen molar-refractivity contribution in [2.45, 2.75) is 6.92 Å². The Balaban J connectivity index is 2.74. The van der Waals surface area contributed by atoms with Crippen molar-refractivity contribution in [3.8, 4) is 0 Å². The van der Waals surface area contributed by atoms with Crippen molar-refractivity contribution < 1.29 is 19.0 Å². The van der Waals surface area contributed by atoms with Gasteiger partial charge in [-0.15, -0.1) is 0 Å². The molecular weight excluding hydrogens is 148 g/mol. The van der Waals surface area contributed by atoms with Gasteiger partial charge in [0.15, 0.2) is 0 Å². The van der Waals surface area contributed by atoms with Crippen molar-refractivity contribution in [3.63, 3.8) is 0 Å². The van der Waals surface area contributed by atoms with Crippen molar-refractivity contribution >= 4 is 6.47 Å². The maximum atomic E-state index is 9.51. The molecule has 0 saturated carbocycles. The Hall–Kier alpha value is -0.610. The number of carbonyl (C=O) groups excluding carboxylic acids is 1. The lowest BCUT2D eigenvalue weighted by Gasteiger charge is -2.02. The molecule has 0 saturated heterocycles. The fourth-order valence-electron chi connectivity index (χ4n) is 0.507. The summed E-state index contributed by atoms with van der Waals surface area (Å²) in [6.45, 7) is 5.71. The molecule has 0 rings (SSSR count). The molecule has 0 heterocycles. The first-order valence-electron chi connectivity index (χ1n) is 3.56. The molecule has 0 amide bonds. The predicted molar refractivity (Wildman–Crippen MR) is 39.0 cm³/mol. The van der Waals surface area contributed by atoms with E-state index in [4.69, 9.17) is 9.47 Å². The summed E-state index contributed by atoms with van der Waals surface area (Å²) >= 11 is 0. The van der Waals surface area contributed by atoms with Gasteiger partial charge in [0.25, 0.3) is 0 Å². The van der Waals surface area contributed by atoms with E-state index >= 15 is 0 Å². The van der Waals surface area contributed by atoms with Crippen molar-refractivity contribution in [2.75, 3.05) is 33.0 Å². The van der Waals surface area contributed by atoms with Gasteiger partial charge in [0.2, 0.25) is 0 Å². The zero-order chi connectivity index (χ0) is 8.36. The minimum absolute atomic E-state index is 0.260.